The highest BCUT2D eigenvalue weighted by atomic mass is 16.5. The van der Waals surface area contributed by atoms with E-state index in [-0.39, 0.29) is 29.2 Å². The summed E-state index contributed by atoms with van der Waals surface area (Å²) < 4.78 is 17.4. The summed E-state index contributed by atoms with van der Waals surface area (Å²) in [5, 5.41) is 9.73. The maximum atomic E-state index is 13.1. The molecule has 0 aromatic heterocycles. The van der Waals surface area contributed by atoms with Crippen LogP contribution in [0.1, 0.15) is 110 Å². The van der Waals surface area contributed by atoms with Crippen LogP contribution < -0.4 is 9.47 Å². The lowest BCUT2D eigenvalue weighted by molar-refractivity contribution is -0.143. The molecule has 1 aliphatic heterocycles. The number of hydrogen-bond acceptors (Lipinski definition) is 6. The number of carbonyl (C=O) groups is 3. The number of hydrogen-bond donors (Lipinski definition) is 1. The molecule has 1 aromatic carbocycles. The van der Waals surface area contributed by atoms with Crippen molar-refractivity contribution >= 4 is 17.9 Å². The zero-order chi connectivity index (χ0) is 28.5. The van der Waals surface area contributed by atoms with Gasteiger partial charge < -0.3 is 19.3 Å². The van der Waals surface area contributed by atoms with Gasteiger partial charge in [-0.3, -0.25) is 9.59 Å². The van der Waals surface area contributed by atoms with Crippen molar-refractivity contribution in [3.8, 4) is 11.5 Å². The Bertz CT molecular complexity index is 1100. The molecule has 0 fully saturated rings. The van der Waals surface area contributed by atoms with Crippen LogP contribution in [0.3, 0.4) is 0 Å². The minimum atomic E-state index is -0.910. The van der Waals surface area contributed by atoms with E-state index in [1.165, 1.54) is 7.11 Å². The van der Waals surface area contributed by atoms with Crippen LogP contribution in [0.25, 0.3) is 0 Å². The molecule has 1 aromatic rings. The van der Waals surface area contributed by atoms with E-state index in [2.05, 4.69) is 19.9 Å². The van der Waals surface area contributed by atoms with E-state index in [4.69, 9.17) is 14.2 Å². The molecule has 7 heteroatoms. The van der Waals surface area contributed by atoms with Crippen LogP contribution in [0.5, 0.6) is 11.5 Å². The Labute approximate surface area is 226 Å². The number of allylic oxidation sites excluding steroid dienone is 1. The van der Waals surface area contributed by atoms with Gasteiger partial charge in [-0.15, -0.1) is 0 Å². The Morgan fingerprint density at radius 3 is 2.37 bits per heavy atom. The topological polar surface area (TPSA) is 99.1 Å². The first kappa shape index (κ1) is 29.7. The first-order chi connectivity index (χ1) is 17.6. The van der Waals surface area contributed by atoms with Crippen molar-refractivity contribution in [1.82, 2.24) is 0 Å². The number of aliphatic carboxylic acids is 1. The minimum Gasteiger partial charge on any atom is -0.487 e. The maximum Gasteiger partial charge on any atom is 0.331 e. The molecular formula is C31H44O7. The first-order valence-corrected chi connectivity index (χ1v) is 13.7. The highest BCUT2D eigenvalue weighted by Gasteiger charge is 2.47. The average molecular weight is 529 g/mol. The number of carboxylic acid groups (broad SMARTS) is 1. The van der Waals surface area contributed by atoms with E-state index in [0.717, 1.165) is 36.8 Å². The molecule has 0 amide bonds. The van der Waals surface area contributed by atoms with Crippen molar-refractivity contribution in [1.29, 1.82) is 0 Å². The van der Waals surface area contributed by atoms with Crippen molar-refractivity contribution < 1.29 is 33.7 Å². The van der Waals surface area contributed by atoms with Crippen molar-refractivity contribution in [3.05, 3.63) is 34.9 Å². The van der Waals surface area contributed by atoms with Gasteiger partial charge in [-0.1, -0.05) is 32.8 Å². The molecule has 1 aliphatic carbocycles. The molecule has 1 unspecified atom stereocenters. The molecule has 0 radical (unpaired) electrons. The lowest BCUT2D eigenvalue weighted by Crippen LogP contribution is -2.46. The third kappa shape index (κ3) is 6.59. The number of methoxy groups -OCH3 is 1. The van der Waals surface area contributed by atoms with Crippen LogP contribution in [-0.2, 0) is 24.5 Å². The molecule has 2 atom stereocenters. The molecule has 0 bridgehead atoms. The minimum absolute atomic E-state index is 0.0545. The smallest absolute Gasteiger partial charge is 0.331 e. The predicted molar refractivity (Wildman–Crippen MR) is 146 cm³/mol. The summed E-state index contributed by atoms with van der Waals surface area (Å²) in [4.78, 5) is 36.4. The Morgan fingerprint density at radius 1 is 1.08 bits per heavy atom. The number of rotatable bonds is 9. The van der Waals surface area contributed by atoms with Crippen molar-refractivity contribution in [2.24, 2.45) is 11.3 Å². The second-order valence-electron chi connectivity index (χ2n) is 12.9. The van der Waals surface area contributed by atoms with Crippen molar-refractivity contribution in [2.45, 2.75) is 110 Å². The Hall–Kier alpha value is -2.83. The average Bonchev–Trinajstić information content (AvgIpc) is 2.81. The van der Waals surface area contributed by atoms with Crippen molar-refractivity contribution in [2.75, 3.05) is 7.11 Å². The lowest BCUT2D eigenvalue weighted by atomic mass is 9.66. The zero-order valence-corrected chi connectivity index (χ0v) is 24.2. The van der Waals surface area contributed by atoms with Gasteiger partial charge >= 0.3 is 17.9 Å². The second kappa shape index (κ2) is 11.1. The molecule has 7 nitrogen and oxygen atoms in total. The van der Waals surface area contributed by atoms with Gasteiger partial charge in [-0.05, 0) is 83.4 Å². The summed E-state index contributed by atoms with van der Waals surface area (Å²) in [6.45, 7) is 13.9. The van der Waals surface area contributed by atoms with E-state index in [0.29, 0.717) is 36.3 Å². The summed E-state index contributed by atoms with van der Waals surface area (Å²) in [7, 11) is 1.41. The molecule has 0 saturated carbocycles. The zero-order valence-electron chi connectivity index (χ0n) is 24.2. The Morgan fingerprint density at radius 2 is 1.76 bits per heavy atom. The fourth-order valence-electron chi connectivity index (χ4n) is 5.54. The number of unbranched alkanes of at least 4 members (excludes halogenated alkanes) is 2. The van der Waals surface area contributed by atoms with E-state index >= 15 is 0 Å². The van der Waals surface area contributed by atoms with Crippen LogP contribution in [0.15, 0.2) is 23.8 Å². The van der Waals surface area contributed by atoms with Crippen LogP contribution in [0, 0.1) is 11.3 Å². The fourth-order valence-corrected chi connectivity index (χ4v) is 5.54. The molecule has 0 spiro atoms. The van der Waals surface area contributed by atoms with Gasteiger partial charge in [0.05, 0.1) is 12.5 Å². The summed E-state index contributed by atoms with van der Waals surface area (Å²) in [5.74, 6) is -0.395. The van der Waals surface area contributed by atoms with Gasteiger partial charge in [-0.25, -0.2) is 4.79 Å². The van der Waals surface area contributed by atoms with Gasteiger partial charge in [0.25, 0.3) is 0 Å². The summed E-state index contributed by atoms with van der Waals surface area (Å²) in [6.07, 6.45) is 6.67. The maximum absolute atomic E-state index is 13.1. The monoisotopic (exact) mass is 528 g/mol. The van der Waals surface area contributed by atoms with E-state index in [1.807, 2.05) is 40.7 Å². The molecule has 38 heavy (non-hydrogen) atoms. The molecule has 2 aliphatic rings. The molecule has 3 rings (SSSR count). The van der Waals surface area contributed by atoms with E-state index in [1.54, 1.807) is 6.08 Å². The summed E-state index contributed by atoms with van der Waals surface area (Å²) in [6, 6.07) is 4.00. The van der Waals surface area contributed by atoms with Crippen LogP contribution in [0.4, 0.5) is 0 Å². The molecular weight excluding hydrogens is 484 g/mol. The third-order valence-electron chi connectivity index (χ3n) is 8.07. The molecule has 210 valence electrons. The van der Waals surface area contributed by atoms with E-state index in [9.17, 15) is 19.5 Å². The van der Waals surface area contributed by atoms with Gasteiger partial charge in [-0.2, -0.15) is 0 Å². The number of carboxylic acids is 1. The molecule has 1 N–H and O–H groups in total. The molecule has 0 saturated heterocycles. The van der Waals surface area contributed by atoms with Crippen molar-refractivity contribution in [3.63, 3.8) is 0 Å². The number of fused-ring (bicyclic) bond motifs is 3. The molecule has 1 heterocycles. The lowest BCUT2D eigenvalue weighted by Gasteiger charge is -2.47. The van der Waals surface area contributed by atoms with Gasteiger partial charge in [0.15, 0.2) is 0 Å². The van der Waals surface area contributed by atoms with Gasteiger partial charge in [0.1, 0.15) is 17.1 Å². The summed E-state index contributed by atoms with van der Waals surface area (Å²) >= 11 is 0. The van der Waals surface area contributed by atoms with E-state index < -0.39 is 17.0 Å². The van der Waals surface area contributed by atoms with Crippen LogP contribution >= 0.6 is 0 Å². The third-order valence-corrected chi connectivity index (χ3v) is 8.07. The number of benzene rings is 1. The van der Waals surface area contributed by atoms with Gasteiger partial charge in [0, 0.05) is 29.4 Å². The predicted octanol–water partition coefficient (Wildman–Crippen LogP) is 6.71. The SMILES string of the molecule is COC(=O)CCCCCC(C)(C)c1cc(OC(=O)C(C)(C)C)c2c(c1)OC(C)(C)[C@@H]1CC=C(C(=O)O)CC21. The Kier molecular flexibility index (Phi) is 8.69. The highest BCUT2D eigenvalue weighted by Crippen LogP contribution is 2.55. The van der Waals surface area contributed by atoms with Crippen LogP contribution in [-0.4, -0.2) is 35.7 Å². The largest absolute Gasteiger partial charge is 0.487 e. The number of ether oxygens (including phenoxy) is 3. The van der Waals surface area contributed by atoms with Crippen LogP contribution in [0.2, 0.25) is 0 Å². The standard InChI is InChI=1S/C31H44O7/c1-29(2,3)28(35)37-23-17-20(30(4,5)15-11-9-10-12-25(32)36-8)18-24-26(23)21-16-19(27(33)34)13-14-22(21)31(6,7)38-24/h13,17-18,21-22H,9-12,14-16H2,1-8H3,(H,33,34)/t21?,22-/m1/s1. The normalized spacial score (nSPS) is 20.4. The highest BCUT2D eigenvalue weighted by molar-refractivity contribution is 5.87. The quantitative estimate of drug-likeness (QED) is 0.216. The fraction of sp³-hybridized carbons (Fsp3) is 0.645. The summed E-state index contributed by atoms with van der Waals surface area (Å²) in [5.41, 5.74) is 0.716. The van der Waals surface area contributed by atoms with Gasteiger partial charge in [0.2, 0.25) is 0 Å². The Balaban J connectivity index is 2.00. The number of esters is 2. The first-order valence-electron chi connectivity index (χ1n) is 13.7. The second-order valence-corrected chi connectivity index (χ2v) is 12.9. The number of carbonyl (C=O) groups excluding carboxylic acids is 2.